The molecule has 0 aromatic heterocycles. The Bertz CT molecular complexity index is 246. The monoisotopic (exact) mass is 266 g/mol. The summed E-state index contributed by atoms with van der Waals surface area (Å²) < 4.78 is 0. The Hall–Kier alpha value is -0.0800. The number of nitrogens with zero attached hydrogens (tertiary/aromatic N) is 1. The molecule has 0 aromatic rings. The first-order chi connectivity index (χ1) is 9.20. The molecule has 112 valence electrons. The minimum atomic E-state index is 0.778. The van der Waals surface area contributed by atoms with E-state index in [2.05, 4.69) is 31.1 Å². The average Bonchev–Trinajstić information content (AvgIpc) is 2.92. The number of rotatable bonds is 6. The summed E-state index contributed by atoms with van der Waals surface area (Å²) in [6.45, 7) is 7.23. The van der Waals surface area contributed by atoms with E-state index in [0.717, 1.165) is 23.9 Å². The third-order valence-corrected chi connectivity index (χ3v) is 5.37. The van der Waals surface area contributed by atoms with Gasteiger partial charge in [0.05, 0.1) is 0 Å². The SMILES string of the molecule is CCCNC1CCC(C)CC1CN(C)C1CCCC1. The summed E-state index contributed by atoms with van der Waals surface area (Å²) >= 11 is 0. The summed E-state index contributed by atoms with van der Waals surface area (Å²) in [5.41, 5.74) is 0. The normalized spacial score (nSPS) is 33.2. The second-order valence-electron chi connectivity index (χ2n) is 7.12. The lowest BCUT2D eigenvalue weighted by molar-refractivity contribution is 0.135. The Morgan fingerprint density at radius 3 is 2.53 bits per heavy atom. The van der Waals surface area contributed by atoms with Gasteiger partial charge in [0.15, 0.2) is 0 Å². The maximum Gasteiger partial charge on any atom is 0.0108 e. The molecular formula is C17H34N2. The zero-order valence-corrected chi connectivity index (χ0v) is 13.3. The molecule has 2 aliphatic rings. The molecule has 2 aliphatic carbocycles. The molecule has 2 heteroatoms. The summed E-state index contributed by atoms with van der Waals surface area (Å²) in [5, 5.41) is 3.81. The van der Waals surface area contributed by atoms with E-state index in [1.54, 1.807) is 0 Å². The van der Waals surface area contributed by atoms with Crippen LogP contribution in [-0.4, -0.2) is 37.1 Å². The van der Waals surface area contributed by atoms with Gasteiger partial charge >= 0.3 is 0 Å². The van der Waals surface area contributed by atoms with E-state index in [9.17, 15) is 0 Å². The van der Waals surface area contributed by atoms with Crippen molar-refractivity contribution >= 4 is 0 Å². The van der Waals surface area contributed by atoms with E-state index < -0.39 is 0 Å². The smallest absolute Gasteiger partial charge is 0.0108 e. The molecular weight excluding hydrogens is 232 g/mol. The Kier molecular flexibility index (Phi) is 6.15. The third kappa shape index (κ3) is 4.46. The second-order valence-corrected chi connectivity index (χ2v) is 7.12. The lowest BCUT2D eigenvalue weighted by Crippen LogP contribution is -2.46. The van der Waals surface area contributed by atoms with Crippen LogP contribution in [0.1, 0.15) is 65.2 Å². The van der Waals surface area contributed by atoms with Crippen LogP contribution in [-0.2, 0) is 0 Å². The van der Waals surface area contributed by atoms with Crippen LogP contribution in [0.5, 0.6) is 0 Å². The highest BCUT2D eigenvalue weighted by Gasteiger charge is 2.30. The lowest BCUT2D eigenvalue weighted by Gasteiger charge is -2.39. The minimum absolute atomic E-state index is 0.778. The van der Waals surface area contributed by atoms with Crippen LogP contribution in [0.3, 0.4) is 0 Å². The first-order valence-electron chi connectivity index (χ1n) is 8.64. The van der Waals surface area contributed by atoms with Gasteiger partial charge in [0.2, 0.25) is 0 Å². The predicted molar refractivity (Wildman–Crippen MR) is 83.5 cm³/mol. The van der Waals surface area contributed by atoms with Gasteiger partial charge in [0.1, 0.15) is 0 Å². The molecule has 0 spiro atoms. The molecule has 0 amide bonds. The summed E-state index contributed by atoms with van der Waals surface area (Å²) in [4.78, 5) is 2.68. The van der Waals surface area contributed by atoms with Crippen LogP contribution in [0.2, 0.25) is 0 Å². The van der Waals surface area contributed by atoms with E-state index in [4.69, 9.17) is 0 Å². The Labute approximate surface area is 120 Å². The van der Waals surface area contributed by atoms with E-state index >= 15 is 0 Å². The highest BCUT2D eigenvalue weighted by Crippen LogP contribution is 2.31. The maximum atomic E-state index is 3.81. The molecule has 0 aromatic carbocycles. The van der Waals surface area contributed by atoms with Gasteiger partial charge < -0.3 is 10.2 Å². The number of hydrogen-bond donors (Lipinski definition) is 1. The third-order valence-electron chi connectivity index (χ3n) is 5.37. The van der Waals surface area contributed by atoms with E-state index in [-0.39, 0.29) is 0 Å². The summed E-state index contributed by atoms with van der Waals surface area (Å²) in [5.74, 6) is 1.81. The first kappa shape index (κ1) is 15.3. The molecule has 2 rings (SSSR count). The summed E-state index contributed by atoms with van der Waals surface area (Å²) in [6.07, 6.45) is 11.3. The molecule has 3 unspecified atom stereocenters. The van der Waals surface area contributed by atoms with Gasteiger partial charge in [-0.1, -0.05) is 26.7 Å². The van der Waals surface area contributed by atoms with Crippen LogP contribution >= 0.6 is 0 Å². The number of hydrogen-bond acceptors (Lipinski definition) is 2. The fourth-order valence-electron chi connectivity index (χ4n) is 4.16. The Balaban J connectivity index is 1.85. The van der Waals surface area contributed by atoms with Gasteiger partial charge in [0.25, 0.3) is 0 Å². The van der Waals surface area contributed by atoms with Crippen molar-refractivity contribution in [2.24, 2.45) is 11.8 Å². The fourth-order valence-corrected chi connectivity index (χ4v) is 4.16. The molecule has 0 heterocycles. The zero-order valence-electron chi connectivity index (χ0n) is 13.3. The van der Waals surface area contributed by atoms with Gasteiger partial charge in [0, 0.05) is 18.6 Å². The molecule has 2 fully saturated rings. The molecule has 0 bridgehead atoms. The van der Waals surface area contributed by atoms with Crippen molar-refractivity contribution in [3.63, 3.8) is 0 Å². The molecule has 2 nitrogen and oxygen atoms in total. The van der Waals surface area contributed by atoms with Crippen LogP contribution in [0, 0.1) is 11.8 Å². The van der Waals surface area contributed by atoms with Gasteiger partial charge in [-0.3, -0.25) is 0 Å². The average molecular weight is 266 g/mol. The molecule has 3 atom stereocenters. The quantitative estimate of drug-likeness (QED) is 0.789. The van der Waals surface area contributed by atoms with Crippen LogP contribution in [0.4, 0.5) is 0 Å². The van der Waals surface area contributed by atoms with Crippen molar-refractivity contribution < 1.29 is 0 Å². The summed E-state index contributed by atoms with van der Waals surface area (Å²) in [7, 11) is 2.37. The molecule has 19 heavy (non-hydrogen) atoms. The van der Waals surface area contributed by atoms with E-state index in [1.165, 1.54) is 64.5 Å². The zero-order chi connectivity index (χ0) is 13.7. The van der Waals surface area contributed by atoms with Crippen molar-refractivity contribution in [3.8, 4) is 0 Å². The van der Waals surface area contributed by atoms with Crippen molar-refractivity contribution in [1.82, 2.24) is 10.2 Å². The van der Waals surface area contributed by atoms with Crippen molar-refractivity contribution in [3.05, 3.63) is 0 Å². The second kappa shape index (κ2) is 7.64. The van der Waals surface area contributed by atoms with Crippen molar-refractivity contribution in [2.75, 3.05) is 20.1 Å². The van der Waals surface area contributed by atoms with Crippen LogP contribution in [0.15, 0.2) is 0 Å². The predicted octanol–water partition coefficient (Wildman–Crippen LogP) is 3.67. The Morgan fingerprint density at radius 1 is 1.11 bits per heavy atom. The van der Waals surface area contributed by atoms with Crippen molar-refractivity contribution in [1.29, 1.82) is 0 Å². The first-order valence-corrected chi connectivity index (χ1v) is 8.64. The minimum Gasteiger partial charge on any atom is -0.314 e. The highest BCUT2D eigenvalue weighted by molar-refractivity contribution is 4.87. The lowest BCUT2D eigenvalue weighted by atomic mass is 9.78. The molecule has 0 saturated heterocycles. The highest BCUT2D eigenvalue weighted by atomic mass is 15.1. The topological polar surface area (TPSA) is 15.3 Å². The maximum absolute atomic E-state index is 3.81. The molecule has 0 radical (unpaired) electrons. The summed E-state index contributed by atoms with van der Waals surface area (Å²) in [6, 6.07) is 1.66. The molecule has 2 saturated carbocycles. The molecule has 1 N–H and O–H groups in total. The van der Waals surface area contributed by atoms with E-state index in [1.807, 2.05) is 0 Å². The molecule has 0 aliphatic heterocycles. The van der Waals surface area contributed by atoms with Gasteiger partial charge in [-0.15, -0.1) is 0 Å². The van der Waals surface area contributed by atoms with Crippen molar-refractivity contribution in [2.45, 2.75) is 77.3 Å². The van der Waals surface area contributed by atoms with Gasteiger partial charge in [-0.2, -0.15) is 0 Å². The van der Waals surface area contributed by atoms with E-state index in [0.29, 0.717) is 0 Å². The largest absolute Gasteiger partial charge is 0.314 e. The number of nitrogens with one attached hydrogen (secondary N) is 1. The van der Waals surface area contributed by atoms with Crippen LogP contribution in [0.25, 0.3) is 0 Å². The van der Waals surface area contributed by atoms with Gasteiger partial charge in [-0.05, 0) is 64.0 Å². The standard InChI is InChI=1S/C17H34N2/c1-4-11-18-17-10-9-14(2)12-15(17)13-19(3)16-7-5-6-8-16/h14-18H,4-13H2,1-3H3. The van der Waals surface area contributed by atoms with Gasteiger partial charge in [-0.25, -0.2) is 0 Å². The Morgan fingerprint density at radius 2 is 1.84 bits per heavy atom. The fraction of sp³-hybridized carbons (Fsp3) is 1.00. The van der Waals surface area contributed by atoms with Crippen LogP contribution < -0.4 is 5.32 Å².